The molecular formula is C11H19NO4. The second-order valence-electron chi connectivity index (χ2n) is 4.73. The average molecular weight is 229 g/mol. The van der Waals surface area contributed by atoms with E-state index in [4.69, 9.17) is 9.84 Å². The van der Waals surface area contributed by atoms with Crippen LogP contribution in [0.4, 0.5) is 0 Å². The Morgan fingerprint density at radius 2 is 2.00 bits per heavy atom. The molecule has 2 unspecified atom stereocenters. The lowest BCUT2D eigenvalue weighted by atomic mass is 10.1. The Bertz CT molecular complexity index is 288. The van der Waals surface area contributed by atoms with Crippen molar-refractivity contribution in [2.75, 3.05) is 7.11 Å². The van der Waals surface area contributed by atoms with Crippen LogP contribution in [-0.4, -0.2) is 35.7 Å². The van der Waals surface area contributed by atoms with Crippen LogP contribution in [0.5, 0.6) is 0 Å². The highest BCUT2D eigenvalue weighted by Crippen LogP contribution is 2.26. The van der Waals surface area contributed by atoms with E-state index in [1.54, 1.807) is 13.8 Å². The van der Waals surface area contributed by atoms with E-state index in [0.29, 0.717) is 12.8 Å². The van der Waals surface area contributed by atoms with Gasteiger partial charge < -0.3 is 15.2 Å². The molecule has 2 N–H and O–H groups in total. The largest absolute Gasteiger partial charge is 0.481 e. The first kappa shape index (κ1) is 13.0. The van der Waals surface area contributed by atoms with E-state index >= 15 is 0 Å². The highest BCUT2D eigenvalue weighted by Gasteiger charge is 2.34. The van der Waals surface area contributed by atoms with Crippen LogP contribution >= 0.6 is 0 Å². The van der Waals surface area contributed by atoms with Gasteiger partial charge in [0.15, 0.2) is 0 Å². The summed E-state index contributed by atoms with van der Waals surface area (Å²) in [4.78, 5) is 22.5. The molecule has 0 aromatic rings. The third kappa shape index (κ3) is 2.95. The van der Waals surface area contributed by atoms with Gasteiger partial charge in [0.1, 0.15) is 5.60 Å². The fourth-order valence-corrected chi connectivity index (χ4v) is 1.79. The van der Waals surface area contributed by atoms with Gasteiger partial charge in [-0.25, -0.2) is 0 Å². The number of carboxylic acid groups (broad SMARTS) is 1. The molecular weight excluding hydrogens is 210 g/mol. The number of hydrogen-bond donors (Lipinski definition) is 2. The van der Waals surface area contributed by atoms with Crippen LogP contribution in [0.3, 0.4) is 0 Å². The zero-order valence-electron chi connectivity index (χ0n) is 9.95. The zero-order valence-corrected chi connectivity index (χ0v) is 9.95. The Morgan fingerprint density at radius 1 is 1.38 bits per heavy atom. The van der Waals surface area contributed by atoms with Gasteiger partial charge in [-0.1, -0.05) is 0 Å². The molecule has 1 amide bonds. The van der Waals surface area contributed by atoms with Gasteiger partial charge in [0.25, 0.3) is 5.91 Å². The number of methoxy groups -OCH3 is 1. The molecule has 1 aliphatic rings. The van der Waals surface area contributed by atoms with Gasteiger partial charge in [-0.05, 0) is 33.1 Å². The normalized spacial score (nSPS) is 25.4. The van der Waals surface area contributed by atoms with Crippen molar-refractivity contribution in [3.05, 3.63) is 0 Å². The summed E-state index contributed by atoms with van der Waals surface area (Å²) in [5.41, 5.74) is -0.860. The van der Waals surface area contributed by atoms with Gasteiger partial charge in [0.2, 0.25) is 0 Å². The van der Waals surface area contributed by atoms with E-state index in [2.05, 4.69) is 5.32 Å². The highest BCUT2D eigenvalue weighted by molar-refractivity contribution is 5.84. The summed E-state index contributed by atoms with van der Waals surface area (Å²) < 4.78 is 5.06. The lowest BCUT2D eigenvalue weighted by Gasteiger charge is -2.24. The number of aliphatic carboxylic acids is 1. The van der Waals surface area contributed by atoms with E-state index in [1.807, 2.05) is 0 Å². The molecule has 1 aliphatic carbocycles. The first-order chi connectivity index (χ1) is 7.36. The van der Waals surface area contributed by atoms with E-state index < -0.39 is 11.6 Å². The number of nitrogens with one attached hydrogen (secondary N) is 1. The first-order valence-corrected chi connectivity index (χ1v) is 5.45. The van der Waals surface area contributed by atoms with Crippen LogP contribution in [0, 0.1) is 5.92 Å². The molecule has 0 heterocycles. The lowest BCUT2D eigenvalue weighted by molar-refractivity contribution is -0.142. The molecule has 1 fully saturated rings. The SMILES string of the molecule is COC(C)(C)C(=O)NC1CCC(C(=O)O)C1. The third-order valence-corrected chi connectivity index (χ3v) is 3.17. The number of hydrogen-bond acceptors (Lipinski definition) is 3. The number of amides is 1. The van der Waals surface area contributed by atoms with Gasteiger partial charge in [-0.3, -0.25) is 9.59 Å². The molecule has 0 aliphatic heterocycles. The number of ether oxygens (including phenoxy) is 1. The standard InChI is InChI=1S/C11H19NO4/c1-11(2,16-3)10(15)12-8-5-4-7(6-8)9(13)14/h7-8H,4-6H2,1-3H3,(H,12,15)(H,13,14). The molecule has 0 bridgehead atoms. The van der Waals surface area contributed by atoms with E-state index in [9.17, 15) is 9.59 Å². The molecule has 92 valence electrons. The van der Waals surface area contributed by atoms with Crippen molar-refractivity contribution >= 4 is 11.9 Å². The van der Waals surface area contributed by atoms with Gasteiger partial charge in [-0.15, -0.1) is 0 Å². The molecule has 2 atom stereocenters. The number of carbonyl (C=O) groups excluding carboxylic acids is 1. The Labute approximate surface area is 95.2 Å². The fourth-order valence-electron chi connectivity index (χ4n) is 1.79. The number of carbonyl (C=O) groups is 2. The Morgan fingerprint density at radius 3 is 2.44 bits per heavy atom. The molecule has 0 aromatic heterocycles. The monoisotopic (exact) mass is 229 g/mol. The molecule has 0 radical (unpaired) electrons. The maximum Gasteiger partial charge on any atom is 0.306 e. The van der Waals surface area contributed by atoms with Crippen molar-refractivity contribution in [2.24, 2.45) is 5.92 Å². The van der Waals surface area contributed by atoms with Crippen LogP contribution in [0.15, 0.2) is 0 Å². The fraction of sp³-hybridized carbons (Fsp3) is 0.818. The quantitative estimate of drug-likeness (QED) is 0.747. The summed E-state index contributed by atoms with van der Waals surface area (Å²) in [6.07, 6.45) is 1.87. The molecule has 0 spiro atoms. The topological polar surface area (TPSA) is 75.6 Å². The second-order valence-corrected chi connectivity index (χ2v) is 4.73. The Kier molecular flexibility index (Phi) is 3.91. The van der Waals surface area contributed by atoms with Crippen molar-refractivity contribution in [3.8, 4) is 0 Å². The molecule has 0 aromatic carbocycles. The Hall–Kier alpha value is -1.10. The van der Waals surface area contributed by atoms with Crippen LogP contribution < -0.4 is 5.32 Å². The van der Waals surface area contributed by atoms with Crippen LogP contribution in [0.1, 0.15) is 33.1 Å². The van der Waals surface area contributed by atoms with Gasteiger partial charge in [0.05, 0.1) is 5.92 Å². The summed E-state index contributed by atoms with van der Waals surface area (Å²) in [6.45, 7) is 3.37. The van der Waals surface area contributed by atoms with Crippen LogP contribution in [0.2, 0.25) is 0 Å². The van der Waals surface area contributed by atoms with E-state index in [0.717, 1.165) is 6.42 Å². The number of rotatable bonds is 4. The van der Waals surface area contributed by atoms with E-state index in [1.165, 1.54) is 7.11 Å². The van der Waals surface area contributed by atoms with Crippen molar-refractivity contribution in [2.45, 2.75) is 44.8 Å². The summed E-state index contributed by atoms with van der Waals surface area (Å²) in [6, 6.07) is -0.0389. The first-order valence-electron chi connectivity index (χ1n) is 5.45. The summed E-state index contributed by atoms with van der Waals surface area (Å²) in [5.74, 6) is -1.29. The Balaban J connectivity index is 2.46. The highest BCUT2D eigenvalue weighted by atomic mass is 16.5. The smallest absolute Gasteiger partial charge is 0.306 e. The second kappa shape index (κ2) is 4.82. The minimum Gasteiger partial charge on any atom is -0.481 e. The summed E-state index contributed by atoms with van der Waals surface area (Å²) in [5, 5.41) is 11.7. The van der Waals surface area contributed by atoms with Crippen LogP contribution in [-0.2, 0) is 14.3 Å². The van der Waals surface area contributed by atoms with Crippen molar-refractivity contribution in [1.29, 1.82) is 0 Å². The van der Waals surface area contributed by atoms with Crippen LogP contribution in [0.25, 0.3) is 0 Å². The minimum atomic E-state index is -0.860. The maximum atomic E-state index is 11.7. The molecule has 5 nitrogen and oxygen atoms in total. The number of carboxylic acids is 1. The molecule has 0 saturated heterocycles. The molecule has 16 heavy (non-hydrogen) atoms. The zero-order chi connectivity index (χ0) is 12.3. The average Bonchev–Trinajstić information content (AvgIpc) is 2.66. The van der Waals surface area contributed by atoms with Gasteiger partial charge in [0, 0.05) is 13.2 Å². The van der Waals surface area contributed by atoms with Crippen molar-refractivity contribution in [3.63, 3.8) is 0 Å². The van der Waals surface area contributed by atoms with Gasteiger partial charge in [-0.2, -0.15) is 0 Å². The van der Waals surface area contributed by atoms with Gasteiger partial charge >= 0.3 is 5.97 Å². The lowest BCUT2D eigenvalue weighted by Crippen LogP contribution is -2.47. The molecule has 1 saturated carbocycles. The van der Waals surface area contributed by atoms with E-state index in [-0.39, 0.29) is 17.9 Å². The predicted octanol–water partition coefficient (Wildman–Crippen LogP) is 0.781. The van der Waals surface area contributed by atoms with Crippen molar-refractivity contribution in [1.82, 2.24) is 5.32 Å². The van der Waals surface area contributed by atoms with Crippen molar-refractivity contribution < 1.29 is 19.4 Å². The molecule has 1 rings (SSSR count). The third-order valence-electron chi connectivity index (χ3n) is 3.17. The minimum absolute atomic E-state index is 0.0389. The maximum absolute atomic E-state index is 11.7. The molecule has 5 heteroatoms. The summed E-state index contributed by atoms with van der Waals surface area (Å²) >= 11 is 0. The predicted molar refractivity (Wildman–Crippen MR) is 58.0 cm³/mol. The summed E-state index contributed by atoms with van der Waals surface area (Å²) in [7, 11) is 1.48.